The van der Waals surface area contributed by atoms with Crippen molar-refractivity contribution in [2.75, 3.05) is 20.3 Å². The zero-order valence-electron chi connectivity index (χ0n) is 14.7. The smallest absolute Gasteiger partial charge is 0.268 e. The molecular weight excluding hydrogens is 393 g/mol. The van der Waals surface area contributed by atoms with Gasteiger partial charge < -0.3 is 9.26 Å². The monoisotopic (exact) mass is 411 g/mol. The number of nitrogens with zero attached hydrogens (tertiary/aromatic N) is 2. The minimum atomic E-state index is -3.64. The first-order chi connectivity index (χ1) is 12.9. The van der Waals surface area contributed by atoms with Crippen LogP contribution in [0, 0.1) is 12.7 Å². The summed E-state index contributed by atoms with van der Waals surface area (Å²) in [6.07, 6.45) is 0.576. The molecule has 3 aromatic rings. The normalized spacial score (nSPS) is 11.8. The fraction of sp³-hybridized carbons (Fsp3) is 0.294. The predicted octanol–water partition coefficient (Wildman–Crippen LogP) is 3.23. The summed E-state index contributed by atoms with van der Waals surface area (Å²) in [6.45, 7) is 2.47. The van der Waals surface area contributed by atoms with Crippen molar-refractivity contribution in [3.8, 4) is 22.2 Å². The van der Waals surface area contributed by atoms with Gasteiger partial charge in [-0.1, -0.05) is 17.3 Å². The fourth-order valence-corrected chi connectivity index (χ4v) is 4.99. The Hall–Kier alpha value is -2.14. The lowest BCUT2D eigenvalue weighted by Crippen LogP contribution is -2.25. The second-order valence-electron chi connectivity index (χ2n) is 5.71. The first-order valence-corrected chi connectivity index (χ1v) is 10.4. The van der Waals surface area contributed by atoms with E-state index in [0.29, 0.717) is 28.3 Å². The molecule has 3 rings (SSSR count). The highest BCUT2D eigenvalue weighted by Gasteiger charge is 2.22. The molecule has 10 heteroatoms. The van der Waals surface area contributed by atoms with Crippen LogP contribution in [0.15, 0.2) is 39.8 Å². The number of aromatic nitrogens is 2. The maximum absolute atomic E-state index is 13.4. The van der Waals surface area contributed by atoms with Crippen LogP contribution in [0.1, 0.15) is 11.3 Å². The van der Waals surface area contributed by atoms with Crippen LogP contribution < -0.4 is 4.72 Å². The Morgan fingerprint density at radius 3 is 2.89 bits per heavy atom. The molecule has 0 radical (unpaired) electrons. The molecule has 7 nitrogen and oxygen atoms in total. The van der Waals surface area contributed by atoms with Gasteiger partial charge in [-0.3, -0.25) is 0 Å². The van der Waals surface area contributed by atoms with Gasteiger partial charge in [-0.05, 0) is 31.5 Å². The SMILES string of the molecule is COCCCNS(=O)(=O)c1cc(-c2nc(-c3cccc(F)c3)no2)sc1C. The number of nitrogens with one attached hydrogen (secondary N) is 1. The second kappa shape index (κ2) is 8.26. The second-order valence-corrected chi connectivity index (χ2v) is 8.70. The third kappa shape index (κ3) is 4.59. The molecule has 0 saturated carbocycles. The van der Waals surface area contributed by atoms with E-state index in [1.54, 1.807) is 26.2 Å². The lowest BCUT2D eigenvalue weighted by Gasteiger charge is -2.05. The number of rotatable bonds is 8. The number of methoxy groups -OCH3 is 1. The van der Waals surface area contributed by atoms with Crippen LogP contribution in [-0.2, 0) is 14.8 Å². The van der Waals surface area contributed by atoms with E-state index < -0.39 is 15.8 Å². The molecule has 2 heterocycles. The number of hydrogen-bond acceptors (Lipinski definition) is 7. The van der Waals surface area contributed by atoms with Gasteiger partial charge in [0.15, 0.2) is 0 Å². The summed E-state index contributed by atoms with van der Waals surface area (Å²) in [5, 5.41) is 3.85. The molecule has 0 atom stereocenters. The van der Waals surface area contributed by atoms with Crippen molar-refractivity contribution in [3.05, 3.63) is 41.0 Å². The number of benzene rings is 1. The van der Waals surface area contributed by atoms with Gasteiger partial charge in [0.2, 0.25) is 15.8 Å². The standard InChI is InChI=1S/C17H18FN3O4S2/c1-11-15(27(22,23)19-7-4-8-24-2)10-14(26-11)17-20-16(21-25-17)12-5-3-6-13(18)9-12/h3,5-6,9-10,19H,4,7-8H2,1-2H3. The van der Waals surface area contributed by atoms with Gasteiger partial charge >= 0.3 is 0 Å². The first-order valence-electron chi connectivity index (χ1n) is 8.10. The number of ether oxygens (including phenoxy) is 1. The van der Waals surface area contributed by atoms with Gasteiger partial charge in [0.1, 0.15) is 5.82 Å². The minimum Gasteiger partial charge on any atom is -0.385 e. The van der Waals surface area contributed by atoms with E-state index >= 15 is 0 Å². The highest BCUT2D eigenvalue weighted by molar-refractivity contribution is 7.89. The summed E-state index contributed by atoms with van der Waals surface area (Å²) in [6, 6.07) is 7.34. The van der Waals surface area contributed by atoms with Gasteiger partial charge in [-0.2, -0.15) is 4.98 Å². The van der Waals surface area contributed by atoms with Crippen LogP contribution in [0.2, 0.25) is 0 Å². The molecule has 0 spiro atoms. The molecule has 2 aromatic heterocycles. The first kappa shape index (κ1) is 19.6. The molecule has 0 aliphatic carbocycles. The maximum Gasteiger partial charge on any atom is 0.268 e. The van der Waals surface area contributed by atoms with Crippen LogP contribution in [0.25, 0.3) is 22.2 Å². The number of sulfonamides is 1. The predicted molar refractivity (Wildman–Crippen MR) is 99.4 cm³/mol. The number of hydrogen-bond donors (Lipinski definition) is 1. The van der Waals surface area contributed by atoms with E-state index in [2.05, 4.69) is 14.9 Å². The van der Waals surface area contributed by atoms with Crippen LogP contribution in [0.3, 0.4) is 0 Å². The Morgan fingerprint density at radius 1 is 1.33 bits per heavy atom. The Bertz CT molecular complexity index is 1030. The Kier molecular flexibility index (Phi) is 6.00. The summed E-state index contributed by atoms with van der Waals surface area (Å²) in [7, 11) is -2.08. The molecular formula is C17H18FN3O4S2. The molecule has 27 heavy (non-hydrogen) atoms. The minimum absolute atomic E-state index is 0.172. The Labute approximate surface area is 160 Å². The van der Waals surface area contributed by atoms with Crippen LogP contribution in [0.4, 0.5) is 4.39 Å². The average Bonchev–Trinajstić information content (AvgIpc) is 3.26. The Balaban J connectivity index is 1.82. The molecule has 0 aliphatic heterocycles. The van der Waals surface area contributed by atoms with E-state index in [-0.39, 0.29) is 23.2 Å². The summed E-state index contributed by atoms with van der Waals surface area (Å²) >= 11 is 1.24. The highest BCUT2D eigenvalue weighted by atomic mass is 32.2. The summed E-state index contributed by atoms with van der Waals surface area (Å²) in [4.78, 5) is 5.55. The van der Waals surface area contributed by atoms with E-state index in [4.69, 9.17) is 9.26 Å². The topological polar surface area (TPSA) is 94.3 Å². The van der Waals surface area contributed by atoms with Gasteiger partial charge in [0, 0.05) is 30.7 Å². The summed E-state index contributed by atoms with van der Waals surface area (Å²) < 4.78 is 51.0. The number of thiophene rings is 1. The number of aryl methyl sites for hydroxylation is 1. The molecule has 0 unspecified atom stereocenters. The molecule has 0 saturated heterocycles. The van der Waals surface area contributed by atoms with Crippen molar-refractivity contribution < 1.29 is 22.1 Å². The van der Waals surface area contributed by atoms with Crippen molar-refractivity contribution in [1.29, 1.82) is 0 Å². The van der Waals surface area contributed by atoms with Crippen molar-refractivity contribution in [1.82, 2.24) is 14.9 Å². The number of halogens is 1. The molecule has 1 aromatic carbocycles. The van der Waals surface area contributed by atoms with Crippen molar-refractivity contribution in [2.45, 2.75) is 18.2 Å². The molecule has 0 aliphatic rings. The van der Waals surface area contributed by atoms with Gasteiger partial charge in [-0.25, -0.2) is 17.5 Å². The highest BCUT2D eigenvalue weighted by Crippen LogP contribution is 2.33. The molecule has 0 bridgehead atoms. The zero-order chi connectivity index (χ0) is 19.4. The van der Waals surface area contributed by atoms with Crippen LogP contribution >= 0.6 is 11.3 Å². The van der Waals surface area contributed by atoms with Gasteiger partial charge in [0.05, 0.1) is 9.77 Å². The van der Waals surface area contributed by atoms with Crippen molar-refractivity contribution >= 4 is 21.4 Å². The van der Waals surface area contributed by atoms with E-state index in [9.17, 15) is 12.8 Å². The third-order valence-electron chi connectivity index (χ3n) is 3.70. The van der Waals surface area contributed by atoms with Crippen LogP contribution in [-0.4, -0.2) is 38.8 Å². The fourth-order valence-electron chi connectivity index (χ4n) is 2.41. The quantitative estimate of drug-likeness (QED) is 0.572. The molecule has 144 valence electrons. The third-order valence-corrected chi connectivity index (χ3v) is 6.45. The van der Waals surface area contributed by atoms with Gasteiger partial charge in [-0.15, -0.1) is 11.3 Å². The van der Waals surface area contributed by atoms with Crippen molar-refractivity contribution in [2.24, 2.45) is 0 Å². The average molecular weight is 411 g/mol. The Morgan fingerprint density at radius 2 is 2.15 bits per heavy atom. The summed E-state index contributed by atoms with van der Waals surface area (Å²) in [5.74, 6) is 0.0135. The molecule has 1 N–H and O–H groups in total. The lowest BCUT2D eigenvalue weighted by atomic mass is 10.2. The largest absolute Gasteiger partial charge is 0.385 e. The maximum atomic E-state index is 13.4. The van der Waals surface area contributed by atoms with Crippen LogP contribution in [0.5, 0.6) is 0 Å². The molecule has 0 amide bonds. The lowest BCUT2D eigenvalue weighted by molar-refractivity contribution is 0.196. The summed E-state index contributed by atoms with van der Waals surface area (Å²) in [5.41, 5.74) is 0.478. The van der Waals surface area contributed by atoms with Crippen molar-refractivity contribution in [3.63, 3.8) is 0 Å². The van der Waals surface area contributed by atoms with Gasteiger partial charge in [0.25, 0.3) is 5.89 Å². The van der Waals surface area contributed by atoms with E-state index in [1.807, 2.05) is 0 Å². The molecule has 0 fully saturated rings. The van der Waals surface area contributed by atoms with E-state index in [1.165, 1.54) is 29.5 Å². The zero-order valence-corrected chi connectivity index (χ0v) is 16.4. The van der Waals surface area contributed by atoms with E-state index in [0.717, 1.165) is 0 Å².